The summed E-state index contributed by atoms with van der Waals surface area (Å²) in [4.78, 5) is 18.7. The minimum atomic E-state index is -0.579. The van der Waals surface area contributed by atoms with Gasteiger partial charge in [-0.1, -0.05) is 25.5 Å². The summed E-state index contributed by atoms with van der Waals surface area (Å²) in [5.74, 6) is 0.187. The molecular formula is C15H20IN3O. The zero-order chi connectivity index (χ0) is 14.9. The largest absolute Gasteiger partial charge is 0.369 e. The second-order valence-electron chi connectivity index (χ2n) is 5.37. The van der Waals surface area contributed by atoms with Gasteiger partial charge in [-0.25, -0.2) is 4.99 Å². The number of hydrogen-bond donors (Lipinski definition) is 1. The molecule has 2 atom stereocenters. The van der Waals surface area contributed by atoms with Crippen molar-refractivity contribution in [2.45, 2.75) is 32.2 Å². The highest BCUT2D eigenvalue weighted by Gasteiger charge is 2.45. The Morgan fingerprint density at radius 3 is 2.80 bits per heavy atom. The Balaban J connectivity index is 2.56. The molecule has 1 amide bonds. The fourth-order valence-electron chi connectivity index (χ4n) is 2.74. The summed E-state index contributed by atoms with van der Waals surface area (Å²) in [6.07, 6.45) is 1.75. The standard InChI is InChI=1S/C15H20IN3O/c1-4-6-12-13(20)19(3)14(17)18-15(12,2)10-7-5-8-11(16)9-10/h5,7-9,12H,4,6H2,1-3H3,(H2,17,18). The number of guanidine groups is 1. The summed E-state index contributed by atoms with van der Waals surface area (Å²) >= 11 is 2.28. The SMILES string of the molecule is CCCC1C(=O)N(C)C(N)=NC1(C)c1cccc(I)c1. The minimum Gasteiger partial charge on any atom is -0.369 e. The molecule has 1 heterocycles. The molecule has 2 rings (SSSR count). The van der Waals surface area contributed by atoms with E-state index in [0.29, 0.717) is 5.96 Å². The number of amides is 1. The van der Waals surface area contributed by atoms with Crippen LogP contribution in [0.3, 0.4) is 0 Å². The van der Waals surface area contributed by atoms with Gasteiger partial charge in [0.2, 0.25) is 5.91 Å². The Hall–Kier alpha value is -1.11. The molecular weight excluding hydrogens is 365 g/mol. The van der Waals surface area contributed by atoms with Crippen LogP contribution in [0.4, 0.5) is 0 Å². The van der Waals surface area contributed by atoms with Crippen molar-refractivity contribution in [3.8, 4) is 0 Å². The lowest BCUT2D eigenvalue weighted by atomic mass is 9.76. The predicted octanol–water partition coefficient (Wildman–Crippen LogP) is 2.71. The van der Waals surface area contributed by atoms with Gasteiger partial charge in [0.25, 0.3) is 0 Å². The molecule has 2 unspecified atom stereocenters. The summed E-state index contributed by atoms with van der Waals surface area (Å²) < 4.78 is 1.14. The van der Waals surface area contributed by atoms with Crippen molar-refractivity contribution in [1.82, 2.24) is 4.90 Å². The molecule has 0 fully saturated rings. The van der Waals surface area contributed by atoms with E-state index in [1.165, 1.54) is 4.90 Å². The average molecular weight is 385 g/mol. The number of rotatable bonds is 3. The van der Waals surface area contributed by atoms with E-state index in [9.17, 15) is 4.79 Å². The third-order valence-electron chi connectivity index (χ3n) is 3.98. The number of benzene rings is 1. The molecule has 0 saturated heterocycles. The molecule has 0 aromatic heterocycles. The summed E-state index contributed by atoms with van der Waals surface area (Å²) in [6.45, 7) is 4.10. The van der Waals surface area contributed by atoms with E-state index in [1.807, 2.05) is 25.1 Å². The van der Waals surface area contributed by atoms with Crippen LogP contribution in [-0.4, -0.2) is 23.8 Å². The lowest BCUT2D eigenvalue weighted by Crippen LogP contribution is -2.53. The molecule has 1 aliphatic heterocycles. The normalized spacial score (nSPS) is 26.6. The van der Waals surface area contributed by atoms with Crippen molar-refractivity contribution in [3.05, 3.63) is 33.4 Å². The summed E-state index contributed by atoms with van der Waals surface area (Å²) in [5, 5.41) is 0. The lowest BCUT2D eigenvalue weighted by molar-refractivity contribution is -0.134. The van der Waals surface area contributed by atoms with Crippen LogP contribution >= 0.6 is 22.6 Å². The number of carbonyl (C=O) groups is 1. The fourth-order valence-corrected chi connectivity index (χ4v) is 3.28. The van der Waals surface area contributed by atoms with E-state index in [0.717, 1.165) is 22.0 Å². The maximum absolute atomic E-state index is 12.6. The highest BCUT2D eigenvalue weighted by Crippen LogP contribution is 2.40. The Morgan fingerprint density at radius 2 is 2.20 bits per heavy atom. The molecule has 4 nitrogen and oxygen atoms in total. The highest BCUT2D eigenvalue weighted by molar-refractivity contribution is 14.1. The van der Waals surface area contributed by atoms with E-state index >= 15 is 0 Å². The molecule has 1 aliphatic rings. The molecule has 0 aliphatic carbocycles. The van der Waals surface area contributed by atoms with Gasteiger partial charge < -0.3 is 5.73 Å². The van der Waals surface area contributed by atoms with Gasteiger partial charge in [-0.3, -0.25) is 9.69 Å². The van der Waals surface area contributed by atoms with Crippen LogP contribution in [0.2, 0.25) is 0 Å². The van der Waals surface area contributed by atoms with Gasteiger partial charge in [-0.2, -0.15) is 0 Å². The van der Waals surface area contributed by atoms with Crippen molar-refractivity contribution < 1.29 is 4.79 Å². The molecule has 20 heavy (non-hydrogen) atoms. The molecule has 1 aromatic carbocycles. The number of nitrogens with two attached hydrogens (primary N) is 1. The molecule has 0 spiro atoms. The molecule has 0 saturated carbocycles. The van der Waals surface area contributed by atoms with Gasteiger partial charge in [0, 0.05) is 10.6 Å². The third kappa shape index (κ3) is 2.55. The van der Waals surface area contributed by atoms with Crippen LogP contribution in [0.25, 0.3) is 0 Å². The fraction of sp³-hybridized carbons (Fsp3) is 0.467. The van der Waals surface area contributed by atoms with Gasteiger partial charge in [0.15, 0.2) is 5.96 Å². The lowest BCUT2D eigenvalue weighted by Gasteiger charge is -2.40. The topological polar surface area (TPSA) is 58.7 Å². The second-order valence-corrected chi connectivity index (χ2v) is 6.61. The van der Waals surface area contributed by atoms with E-state index in [2.05, 4.69) is 40.6 Å². The predicted molar refractivity (Wildman–Crippen MR) is 89.3 cm³/mol. The minimum absolute atomic E-state index is 0.0562. The first-order valence-corrected chi connectivity index (χ1v) is 7.87. The third-order valence-corrected chi connectivity index (χ3v) is 4.66. The number of carbonyl (C=O) groups excluding carboxylic acids is 1. The van der Waals surface area contributed by atoms with Crippen molar-refractivity contribution in [2.24, 2.45) is 16.6 Å². The number of halogens is 1. The van der Waals surface area contributed by atoms with Gasteiger partial charge >= 0.3 is 0 Å². The Kier molecular flexibility index (Phi) is 4.36. The Morgan fingerprint density at radius 1 is 1.50 bits per heavy atom. The Labute approximate surface area is 133 Å². The number of aliphatic imine (C=N–C) groups is 1. The zero-order valence-electron chi connectivity index (χ0n) is 12.1. The van der Waals surface area contributed by atoms with E-state index in [1.54, 1.807) is 7.05 Å². The second kappa shape index (κ2) is 5.71. The van der Waals surface area contributed by atoms with Gasteiger partial charge in [-0.05, 0) is 53.6 Å². The summed E-state index contributed by atoms with van der Waals surface area (Å²) in [5.41, 5.74) is 6.40. The van der Waals surface area contributed by atoms with Crippen molar-refractivity contribution >= 4 is 34.5 Å². The van der Waals surface area contributed by atoms with Gasteiger partial charge in [0.1, 0.15) is 0 Å². The van der Waals surface area contributed by atoms with Gasteiger partial charge in [0.05, 0.1) is 11.5 Å². The highest BCUT2D eigenvalue weighted by atomic mass is 127. The number of nitrogens with zero attached hydrogens (tertiary/aromatic N) is 2. The first kappa shape index (κ1) is 15.3. The van der Waals surface area contributed by atoms with E-state index in [-0.39, 0.29) is 11.8 Å². The molecule has 2 N–H and O–H groups in total. The van der Waals surface area contributed by atoms with Gasteiger partial charge in [-0.15, -0.1) is 0 Å². The molecule has 0 bridgehead atoms. The van der Waals surface area contributed by atoms with Crippen molar-refractivity contribution in [2.75, 3.05) is 7.05 Å². The smallest absolute Gasteiger partial charge is 0.234 e. The molecule has 0 radical (unpaired) electrons. The quantitative estimate of drug-likeness (QED) is 0.814. The number of hydrogen-bond acceptors (Lipinski definition) is 3. The van der Waals surface area contributed by atoms with E-state index < -0.39 is 5.54 Å². The molecule has 5 heteroatoms. The first-order chi connectivity index (χ1) is 9.40. The average Bonchev–Trinajstić information content (AvgIpc) is 2.41. The summed E-state index contributed by atoms with van der Waals surface area (Å²) in [6, 6.07) is 8.14. The molecule has 1 aromatic rings. The van der Waals surface area contributed by atoms with Crippen molar-refractivity contribution in [3.63, 3.8) is 0 Å². The zero-order valence-corrected chi connectivity index (χ0v) is 14.2. The maximum Gasteiger partial charge on any atom is 0.234 e. The van der Waals surface area contributed by atoms with E-state index in [4.69, 9.17) is 5.73 Å². The first-order valence-electron chi connectivity index (χ1n) is 6.79. The van der Waals surface area contributed by atoms with Crippen LogP contribution in [0.1, 0.15) is 32.3 Å². The van der Waals surface area contributed by atoms with Crippen molar-refractivity contribution in [1.29, 1.82) is 0 Å². The van der Waals surface area contributed by atoms with Crippen LogP contribution < -0.4 is 5.73 Å². The molecule has 108 valence electrons. The monoisotopic (exact) mass is 385 g/mol. The summed E-state index contributed by atoms with van der Waals surface area (Å²) in [7, 11) is 1.69. The van der Waals surface area contributed by atoms with Crippen LogP contribution in [0.15, 0.2) is 29.3 Å². The van der Waals surface area contributed by atoms with Crippen LogP contribution in [-0.2, 0) is 10.3 Å². The van der Waals surface area contributed by atoms with Crippen LogP contribution in [0.5, 0.6) is 0 Å². The Bertz CT molecular complexity index is 558. The maximum atomic E-state index is 12.6. The van der Waals surface area contributed by atoms with Crippen LogP contribution in [0, 0.1) is 9.49 Å².